The molecule has 0 bridgehead atoms. The lowest BCUT2D eigenvalue weighted by molar-refractivity contribution is 0.0942. The molecule has 4 nitrogen and oxygen atoms in total. The first-order valence-electron chi connectivity index (χ1n) is 6.88. The van der Waals surface area contributed by atoms with Crippen LogP contribution in [0.4, 0.5) is 4.39 Å². The highest BCUT2D eigenvalue weighted by Crippen LogP contribution is 2.27. The largest absolute Gasteiger partial charge is 0.355 e. The molecule has 0 aliphatic heterocycles. The van der Waals surface area contributed by atoms with Crippen molar-refractivity contribution < 1.29 is 13.7 Å². The Morgan fingerprint density at radius 3 is 2.65 bits per heavy atom. The van der Waals surface area contributed by atoms with E-state index in [1.165, 1.54) is 18.2 Å². The normalized spacial score (nSPS) is 10.5. The Bertz CT molecular complexity index is 831. The molecule has 1 aromatic heterocycles. The summed E-state index contributed by atoms with van der Waals surface area (Å²) >= 11 is 6.08. The van der Waals surface area contributed by atoms with E-state index in [1.807, 2.05) is 6.07 Å². The Labute approximate surface area is 136 Å². The molecule has 1 N–H and O–H groups in total. The predicted octanol–water partition coefficient (Wildman–Crippen LogP) is 4.06. The van der Waals surface area contributed by atoms with Gasteiger partial charge in [-0.2, -0.15) is 0 Å². The molecule has 0 radical (unpaired) electrons. The van der Waals surface area contributed by atoms with Gasteiger partial charge in [0.15, 0.2) is 11.5 Å². The third kappa shape index (κ3) is 3.57. The summed E-state index contributed by atoms with van der Waals surface area (Å²) < 4.78 is 18.0. The van der Waals surface area contributed by atoms with Crippen LogP contribution >= 0.6 is 11.6 Å². The molecule has 6 heteroatoms. The molecule has 0 unspecified atom stereocenters. The van der Waals surface area contributed by atoms with Crippen LogP contribution < -0.4 is 5.32 Å². The quantitative estimate of drug-likeness (QED) is 0.784. The lowest BCUT2D eigenvalue weighted by Crippen LogP contribution is -2.23. The molecule has 0 saturated heterocycles. The number of amides is 1. The Morgan fingerprint density at radius 2 is 1.91 bits per heavy atom. The van der Waals surface area contributed by atoms with E-state index >= 15 is 0 Å². The molecule has 116 valence electrons. The maximum Gasteiger partial charge on any atom is 0.273 e. The Hall–Kier alpha value is -2.66. The van der Waals surface area contributed by atoms with Crippen molar-refractivity contribution >= 4 is 17.5 Å². The van der Waals surface area contributed by atoms with Gasteiger partial charge in [-0.15, -0.1) is 0 Å². The molecule has 0 atom stereocenters. The van der Waals surface area contributed by atoms with Gasteiger partial charge >= 0.3 is 0 Å². The van der Waals surface area contributed by atoms with Crippen LogP contribution in [0.25, 0.3) is 11.3 Å². The van der Waals surface area contributed by atoms with Crippen molar-refractivity contribution in [2.24, 2.45) is 0 Å². The molecule has 0 aliphatic rings. The molecule has 0 spiro atoms. The van der Waals surface area contributed by atoms with E-state index in [4.69, 9.17) is 16.1 Å². The summed E-state index contributed by atoms with van der Waals surface area (Å²) in [5.41, 5.74) is 1.61. The van der Waals surface area contributed by atoms with Gasteiger partial charge in [-0.1, -0.05) is 41.0 Å². The topological polar surface area (TPSA) is 55.1 Å². The average Bonchev–Trinajstić information content (AvgIpc) is 3.04. The number of nitrogens with one attached hydrogen (secondary N) is 1. The van der Waals surface area contributed by atoms with E-state index in [2.05, 4.69) is 10.5 Å². The van der Waals surface area contributed by atoms with Gasteiger partial charge in [0.1, 0.15) is 5.82 Å². The molecule has 0 saturated carbocycles. The van der Waals surface area contributed by atoms with Crippen molar-refractivity contribution in [3.05, 3.63) is 76.7 Å². The molecule has 0 aliphatic carbocycles. The SMILES string of the molecule is O=C(NCc1ccc(F)cc1)c1cc(-c2ccccc2Cl)on1. The fraction of sp³-hybridized carbons (Fsp3) is 0.0588. The number of carbonyl (C=O) groups excluding carboxylic acids is 1. The van der Waals surface area contributed by atoms with E-state index in [0.717, 1.165) is 5.56 Å². The monoisotopic (exact) mass is 330 g/mol. The van der Waals surface area contributed by atoms with Gasteiger partial charge in [-0.05, 0) is 29.8 Å². The van der Waals surface area contributed by atoms with Gasteiger partial charge in [0, 0.05) is 18.2 Å². The van der Waals surface area contributed by atoms with Gasteiger partial charge in [0.2, 0.25) is 0 Å². The Morgan fingerprint density at radius 1 is 1.17 bits per heavy atom. The fourth-order valence-corrected chi connectivity index (χ4v) is 2.27. The van der Waals surface area contributed by atoms with Crippen molar-refractivity contribution in [3.8, 4) is 11.3 Å². The minimum Gasteiger partial charge on any atom is -0.355 e. The van der Waals surface area contributed by atoms with Crippen molar-refractivity contribution in [3.63, 3.8) is 0 Å². The van der Waals surface area contributed by atoms with Gasteiger partial charge in [0.05, 0.1) is 5.02 Å². The smallest absolute Gasteiger partial charge is 0.273 e. The highest BCUT2D eigenvalue weighted by Gasteiger charge is 2.15. The van der Waals surface area contributed by atoms with Crippen LogP contribution in [0.5, 0.6) is 0 Å². The molecule has 2 aromatic carbocycles. The second-order valence-corrected chi connectivity index (χ2v) is 5.27. The molecular weight excluding hydrogens is 319 g/mol. The van der Waals surface area contributed by atoms with Crippen LogP contribution in [-0.2, 0) is 6.54 Å². The van der Waals surface area contributed by atoms with Gasteiger partial charge in [-0.25, -0.2) is 4.39 Å². The summed E-state index contributed by atoms with van der Waals surface area (Å²) in [4.78, 5) is 12.1. The molecular formula is C17H12ClFN2O2. The highest BCUT2D eigenvalue weighted by molar-refractivity contribution is 6.33. The van der Waals surface area contributed by atoms with E-state index in [0.29, 0.717) is 16.3 Å². The second-order valence-electron chi connectivity index (χ2n) is 4.87. The average molecular weight is 331 g/mol. The van der Waals surface area contributed by atoms with E-state index in [1.54, 1.807) is 30.3 Å². The van der Waals surface area contributed by atoms with Crippen LogP contribution in [0.2, 0.25) is 5.02 Å². The molecule has 3 aromatic rings. The number of halogens is 2. The number of rotatable bonds is 4. The van der Waals surface area contributed by atoms with Crippen LogP contribution in [-0.4, -0.2) is 11.1 Å². The summed E-state index contributed by atoms with van der Waals surface area (Å²) in [6, 6.07) is 14.6. The second kappa shape index (κ2) is 6.62. The Kier molecular flexibility index (Phi) is 4.39. The maximum absolute atomic E-state index is 12.8. The lowest BCUT2D eigenvalue weighted by atomic mass is 10.1. The first-order valence-corrected chi connectivity index (χ1v) is 7.25. The van der Waals surface area contributed by atoms with Crippen LogP contribution in [0.3, 0.4) is 0 Å². The van der Waals surface area contributed by atoms with Crippen molar-refractivity contribution in [2.45, 2.75) is 6.54 Å². The van der Waals surface area contributed by atoms with Crippen molar-refractivity contribution in [1.29, 1.82) is 0 Å². The zero-order chi connectivity index (χ0) is 16.2. The fourth-order valence-electron chi connectivity index (χ4n) is 2.05. The van der Waals surface area contributed by atoms with E-state index in [9.17, 15) is 9.18 Å². The number of aromatic nitrogens is 1. The summed E-state index contributed by atoms with van der Waals surface area (Å²) in [5.74, 6) is -0.278. The minimum atomic E-state index is -0.378. The Balaban J connectivity index is 1.69. The number of hydrogen-bond donors (Lipinski definition) is 1. The highest BCUT2D eigenvalue weighted by atomic mass is 35.5. The van der Waals surface area contributed by atoms with Gasteiger partial charge in [-0.3, -0.25) is 4.79 Å². The zero-order valence-electron chi connectivity index (χ0n) is 11.9. The number of hydrogen-bond acceptors (Lipinski definition) is 3. The first kappa shape index (κ1) is 15.2. The number of carbonyl (C=O) groups is 1. The lowest BCUT2D eigenvalue weighted by Gasteiger charge is -2.02. The summed E-state index contributed by atoms with van der Waals surface area (Å²) in [7, 11) is 0. The van der Waals surface area contributed by atoms with Crippen molar-refractivity contribution in [1.82, 2.24) is 10.5 Å². The number of nitrogens with zero attached hydrogens (tertiary/aromatic N) is 1. The molecule has 23 heavy (non-hydrogen) atoms. The van der Waals surface area contributed by atoms with Gasteiger partial charge in [0.25, 0.3) is 5.91 Å². The van der Waals surface area contributed by atoms with Crippen LogP contribution in [0.15, 0.2) is 59.1 Å². The van der Waals surface area contributed by atoms with E-state index in [-0.39, 0.29) is 24.0 Å². The predicted molar refractivity (Wildman–Crippen MR) is 84.5 cm³/mol. The van der Waals surface area contributed by atoms with Gasteiger partial charge < -0.3 is 9.84 Å². The number of benzene rings is 2. The van der Waals surface area contributed by atoms with Crippen LogP contribution in [0, 0.1) is 5.82 Å². The third-order valence-corrected chi connectivity index (χ3v) is 3.58. The molecule has 3 rings (SSSR count). The van der Waals surface area contributed by atoms with Crippen LogP contribution in [0.1, 0.15) is 16.1 Å². The molecule has 1 heterocycles. The van der Waals surface area contributed by atoms with Crippen molar-refractivity contribution in [2.75, 3.05) is 0 Å². The third-order valence-electron chi connectivity index (χ3n) is 3.25. The maximum atomic E-state index is 12.8. The standard InChI is InChI=1S/C17H12ClFN2O2/c18-14-4-2-1-3-13(14)16-9-15(21-23-16)17(22)20-10-11-5-7-12(19)8-6-11/h1-9H,10H2,(H,20,22). The summed E-state index contributed by atoms with van der Waals surface area (Å²) in [6.45, 7) is 0.271. The summed E-state index contributed by atoms with van der Waals surface area (Å²) in [6.07, 6.45) is 0. The minimum absolute atomic E-state index is 0.155. The first-order chi connectivity index (χ1) is 11.1. The van der Waals surface area contributed by atoms with E-state index < -0.39 is 0 Å². The molecule has 1 amide bonds. The summed E-state index contributed by atoms with van der Waals surface area (Å²) in [5, 5.41) is 6.97. The zero-order valence-corrected chi connectivity index (χ0v) is 12.7. The molecule has 0 fully saturated rings.